The van der Waals surface area contributed by atoms with Gasteiger partial charge < -0.3 is 4.57 Å². The molecule has 90 valence electrons. The number of benzene rings is 1. The van der Waals surface area contributed by atoms with Crippen molar-refractivity contribution in [1.29, 1.82) is 0 Å². The standard InChI is InChI=1S/C13H11FN4/c1-10-5-7-18(16-10)13-11(14)3-2-4-12(13)17-8-6-15-9-17/h2-9H,1H3. The summed E-state index contributed by atoms with van der Waals surface area (Å²) in [6.07, 6.45) is 6.81. The molecular formula is C13H11FN4. The lowest BCUT2D eigenvalue weighted by Crippen LogP contribution is -2.05. The lowest BCUT2D eigenvalue weighted by molar-refractivity contribution is 0.608. The predicted molar refractivity (Wildman–Crippen MR) is 65.4 cm³/mol. The third-order valence-electron chi connectivity index (χ3n) is 2.70. The Morgan fingerprint density at radius 2 is 2.06 bits per heavy atom. The molecule has 0 atom stereocenters. The molecule has 0 fully saturated rings. The van der Waals surface area contributed by atoms with Crippen molar-refractivity contribution < 1.29 is 4.39 Å². The number of nitrogens with zero attached hydrogens (tertiary/aromatic N) is 4. The number of halogens is 1. The minimum Gasteiger partial charge on any atom is -0.304 e. The molecule has 2 aromatic heterocycles. The molecule has 1 aromatic carbocycles. The second-order valence-electron chi connectivity index (χ2n) is 3.98. The van der Waals surface area contributed by atoms with Crippen molar-refractivity contribution in [2.24, 2.45) is 0 Å². The molecule has 5 heteroatoms. The Labute approximate surface area is 103 Å². The Bertz CT molecular complexity index is 670. The van der Waals surface area contributed by atoms with Crippen LogP contribution in [0.2, 0.25) is 0 Å². The summed E-state index contributed by atoms with van der Waals surface area (Å²) in [5.74, 6) is -0.315. The van der Waals surface area contributed by atoms with Crippen LogP contribution in [0.25, 0.3) is 11.4 Å². The minimum atomic E-state index is -0.315. The minimum absolute atomic E-state index is 0.315. The first-order valence-corrected chi connectivity index (χ1v) is 5.55. The van der Waals surface area contributed by atoms with Gasteiger partial charge in [0.15, 0.2) is 5.82 Å². The van der Waals surface area contributed by atoms with E-state index in [1.165, 1.54) is 6.07 Å². The lowest BCUT2D eigenvalue weighted by atomic mass is 10.2. The molecule has 18 heavy (non-hydrogen) atoms. The van der Waals surface area contributed by atoms with Crippen LogP contribution in [0.5, 0.6) is 0 Å². The van der Waals surface area contributed by atoms with Crippen LogP contribution < -0.4 is 0 Å². The van der Waals surface area contributed by atoms with E-state index < -0.39 is 0 Å². The highest BCUT2D eigenvalue weighted by Crippen LogP contribution is 2.21. The molecule has 2 heterocycles. The summed E-state index contributed by atoms with van der Waals surface area (Å²) in [5, 5.41) is 4.26. The third-order valence-corrected chi connectivity index (χ3v) is 2.70. The first kappa shape index (κ1) is 10.7. The van der Waals surface area contributed by atoms with E-state index in [1.54, 1.807) is 40.2 Å². The van der Waals surface area contributed by atoms with Gasteiger partial charge in [0.2, 0.25) is 0 Å². The summed E-state index contributed by atoms with van der Waals surface area (Å²) in [5.41, 5.74) is 1.97. The molecule has 0 unspecified atom stereocenters. The van der Waals surface area contributed by atoms with Crippen molar-refractivity contribution in [3.63, 3.8) is 0 Å². The summed E-state index contributed by atoms with van der Waals surface area (Å²) in [6.45, 7) is 1.87. The highest BCUT2D eigenvalue weighted by atomic mass is 19.1. The van der Waals surface area contributed by atoms with E-state index in [0.29, 0.717) is 11.4 Å². The molecule has 0 bridgehead atoms. The molecule has 0 amide bonds. The van der Waals surface area contributed by atoms with Crippen LogP contribution in [0.3, 0.4) is 0 Å². The first-order valence-electron chi connectivity index (χ1n) is 5.55. The highest BCUT2D eigenvalue weighted by Gasteiger charge is 2.12. The molecule has 3 rings (SSSR count). The highest BCUT2D eigenvalue weighted by molar-refractivity contribution is 5.52. The van der Waals surface area contributed by atoms with Gasteiger partial charge in [0, 0.05) is 18.6 Å². The smallest absolute Gasteiger partial charge is 0.151 e. The van der Waals surface area contributed by atoms with Gasteiger partial charge in [-0.2, -0.15) is 5.10 Å². The van der Waals surface area contributed by atoms with E-state index in [-0.39, 0.29) is 5.82 Å². The van der Waals surface area contributed by atoms with E-state index in [2.05, 4.69) is 10.1 Å². The van der Waals surface area contributed by atoms with Gasteiger partial charge in [-0.25, -0.2) is 14.1 Å². The average Bonchev–Trinajstić information content (AvgIpc) is 2.99. The van der Waals surface area contributed by atoms with E-state index in [1.807, 2.05) is 19.1 Å². The van der Waals surface area contributed by atoms with Gasteiger partial charge in [-0.3, -0.25) is 0 Å². The van der Waals surface area contributed by atoms with Gasteiger partial charge in [0.25, 0.3) is 0 Å². The Balaban J connectivity index is 2.25. The molecule has 0 saturated carbocycles. The SMILES string of the molecule is Cc1ccn(-c2c(F)cccc2-n2ccnc2)n1. The number of para-hydroxylation sites is 1. The third kappa shape index (κ3) is 1.69. The summed E-state index contributed by atoms with van der Waals surface area (Å²) in [6, 6.07) is 6.76. The molecule has 0 aliphatic rings. The molecule has 0 radical (unpaired) electrons. The van der Waals surface area contributed by atoms with E-state index in [9.17, 15) is 4.39 Å². The van der Waals surface area contributed by atoms with Gasteiger partial charge in [0.1, 0.15) is 5.69 Å². The van der Waals surface area contributed by atoms with Crippen molar-refractivity contribution in [2.75, 3.05) is 0 Å². The molecule has 3 aromatic rings. The van der Waals surface area contributed by atoms with Gasteiger partial charge >= 0.3 is 0 Å². The van der Waals surface area contributed by atoms with E-state index in [4.69, 9.17) is 0 Å². The number of hydrogen-bond donors (Lipinski definition) is 0. The van der Waals surface area contributed by atoms with Gasteiger partial charge in [-0.15, -0.1) is 0 Å². The quantitative estimate of drug-likeness (QED) is 0.692. The molecule has 0 aliphatic heterocycles. The van der Waals surface area contributed by atoms with E-state index >= 15 is 0 Å². The zero-order valence-electron chi connectivity index (χ0n) is 9.79. The molecule has 0 N–H and O–H groups in total. The maximum absolute atomic E-state index is 14.0. The number of aryl methyl sites for hydroxylation is 1. The van der Waals surface area contributed by atoms with Gasteiger partial charge in [0.05, 0.1) is 17.7 Å². The van der Waals surface area contributed by atoms with Crippen LogP contribution in [-0.2, 0) is 0 Å². The van der Waals surface area contributed by atoms with Crippen LogP contribution in [0.4, 0.5) is 4.39 Å². The second kappa shape index (κ2) is 4.10. The first-order chi connectivity index (χ1) is 8.75. The summed E-state index contributed by atoms with van der Waals surface area (Å²) >= 11 is 0. The number of rotatable bonds is 2. The van der Waals surface area contributed by atoms with Crippen LogP contribution in [0, 0.1) is 12.7 Å². The van der Waals surface area contributed by atoms with Crippen LogP contribution >= 0.6 is 0 Å². The Morgan fingerprint density at radius 3 is 2.72 bits per heavy atom. The molecule has 0 spiro atoms. The van der Waals surface area contributed by atoms with Gasteiger partial charge in [-0.1, -0.05) is 6.07 Å². The molecule has 4 nitrogen and oxygen atoms in total. The maximum atomic E-state index is 14.0. The molecular weight excluding hydrogens is 231 g/mol. The maximum Gasteiger partial charge on any atom is 0.151 e. The molecule has 0 aliphatic carbocycles. The van der Waals surface area contributed by atoms with Crippen molar-refractivity contribution >= 4 is 0 Å². The number of aromatic nitrogens is 4. The van der Waals surface area contributed by atoms with Crippen LogP contribution in [0.15, 0.2) is 49.2 Å². The Hall–Kier alpha value is -2.43. The van der Waals surface area contributed by atoms with Crippen molar-refractivity contribution in [1.82, 2.24) is 19.3 Å². The average molecular weight is 242 g/mol. The zero-order valence-corrected chi connectivity index (χ0v) is 9.79. The van der Waals surface area contributed by atoms with E-state index in [0.717, 1.165) is 5.69 Å². The van der Waals surface area contributed by atoms with Crippen LogP contribution in [-0.4, -0.2) is 19.3 Å². The fourth-order valence-electron chi connectivity index (χ4n) is 1.88. The largest absolute Gasteiger partial charge is 0.304 e. The Kier molecular flexibility index (Phi) is 2.44. The fourth-order valence-corrected chi connectivity index (χ4v) is 1.88. The number of imidazole rings is 1. The zero-order chi connectivity index (χ0) is 12.5. The topological polar surface area (TPSA) is 35.6 Å². The summed E-state index contributed by atoms with van der Waals surface area (Å²) in [4.78, 5) is 3.98. The van der Waals surface area contributed by atoms with Crippen molar-refractivity contribution in [3.05, 3.63) is 60.7 Å². The molecule has 0 saturated heterocycles. The normalized spacial score (nSPS) is 10.8. The van der Waals surface area contributed by atoms with Gasteiger partial charge in [-0.05, 0) is 25.1 Å². The second-order valence-corrected chi connectivity index (χ2v) is 3.98. The summed E-state index contributed by atoms with van der Waals surface area (Å²) < 4.78 is 17.3. The summed E-state index contributed by atoms with van der Waals surface area (Å²) in [7, 11) is 0. The predicted octanol–water partition coefficient (Wildman–Crippen LogP) is 2.51. The number of hydrogen-bond acceptors (Lipinski definition) is 2. The van der Waals surface area contributed by atoms with Crippen molar-refractivity contribution in [2.45, 2.75) is 6.92 Å². The van der Waals surface area contributed by atoms with Crippen LogP contribution in [0.1, 0.15) is 5.69 Å². The lowest BCUT2D eigenvalue weighted by Gasteiger charge is -2.11. The monoisotopic (exact) mass is 242 g/mol. The fraction of sp³-hybridized carbons (Fsp3) is 0.0769. The Morgan fingerprint density at radius 1 is 1.17 bits per heavy atom. The van der Waals surface area contributed by atoms with Crippen molar-refractivity contribution in [3.8, 4) is 11.4 Å².